The van der Waals surface area contributed by atoms with E-state index in [0.29, 0.717) is 5.92 Å². The van der Waals surface area contributed by atoms with Gasteiger partial charge in [0.1, 0.15) is 0 Å². The van der Waals surface area contributed by atoms with Gasteiger partial charge in [-0.2, -0.15) is 0 Å². The molecule has 16 heavy (non-hydrogen) atoms. The summed E-state index contributed by atoms with van der Waals surface area (Å²) in [6.07, 6.45) is 1.13. The second kappa shape index (κ2) is 4.61. The lowest BCUT2D eigenvalue weighted by molar-refractivity contribution is 0.569. The van der Waals surface area contributed by atoms with E-state index in [4.69, 9.17) is 0 Å². The fourth-order valence-corrected chi connectivity index (χ4v) is 2.54. The number of hydrogen-bond donors (Lipinski definition) is 0. The molecule has 0 aliphatic heterocycles. The smallest absolute Gasteiger partial charge is 0.0126 e. The Morgan fingerprint density at radius 3 is 2.06 bits per heavy atom. The van der Waals surface area contributed by atoms with Gasteiger partial charge in [0.05, 0.1) is 0 Å². The van der Waals surface area contributed by atoms with E-state index in [9.17, 15) is 0 Å². The van der Waals surface area contributed by atoms with Gasteiger partial charge in [0.25, 0.3) is 0 Å². The molecule has 0 aromatic heterocycles. The van der Waals surface area contributed by atoms with Crippen LogP contribution in [-0.2, 0) is 11.8 Å². The number of aryl methyl sites for hydroxylation is 2. The minimum absolute atomic E-state index is 0.249. The Kier molecular flexibility index (Phi) is 3.83. The van der Waals surface area contributed by atoms with Gasteiger partial charge in [-0.25, -0.2) is 0 Å². The first-order valence-electron chi connectivity index (χ1n) is 6.41. The third-order valence-electron chi connectivity index (χ3n) is 3.15. The Hall–Kier alpha value is -0.780. The molecule has 0 bridgehead atoms. The highest BCUT2D eigenvalue weighted by atomic mass is 14.3. The normalized spacial score (nSPS) is 12.2. The molecule has 0 unspecified atom stereocenters. The van der Waals surface area contributed by atoms with Crippen LogP contribution in [0, 0.1) is 6.92 Å². The first kappa shape index (κ1) is 13.3. The van der Waals surface area contributed by atoms with Gasteiger partial charge in [-0.05, 0) is 41.4 Å². The summed E-state index contributed by atoms with van der Waals surface area (Å²) in [5, 5.41) is 0. The summed E-state index contributed by atoms with van der Waals surface area (Å²) in [5.74, 6) is 0.611. The van der Waals surface area contributed by atoms with Crippen LogP contribution in [0.25, 0.3) is 0 Å². The molecule has 0 fully saturated rings. The molecule has 1 aromatic carbocycles. The Labute approximate surface area is 101 Å². The third-order valence-corrected chi connectivity index (χ3v) is 3.15. The van der Waals surface area contributed by atoms with Gasteiger partial charge in [0.15, 0.2) is 0 Å². The summed E-state index contributed by atoms with van der Waals surface area (Å²) in [6, 6.07) is 4.72. The average Bonchev–Trinajstić information content (AvgIpc) is 2.14. The lowest BCUT2D eigenvalue weighted by Gasteiger charge is -2.28. The molecule has 1 aromatic rings. The van der Waals surface area contributed by atoms with E-state index in [2.05, 4.69) is 60.6 Å². The molecule has 0 heteroatoms. The van der Waals surface area contributed by atoms with Crippen LogP contribution in [-0.4, -0.2) is 0 Å². The van der Waals surface area contributed by atoms with Gasteiger partial charge in [0.2, 0.25) is 0 Å². The van der Waals surface area contributed by atoms with Crippen molar-refractivity contribution in [1.29, 1.82) is 0 Å². The Bertz CT molecular complexity index is 364. The molecule has 0 heterocycles. The molecule has 0 radical (unpaired) electrons. The number of rotatable bonds is 2. The first-order chi connectivity index (χ1) is 7.27. The minimum atomic E-state index is 0.249. The minimum Gasteiger partial charge on any atom is -0.0613 e. The fourth-order valence-electron chi connectivity index (χ4n) is 2.54. The van der Waals surface area contributed by atoms with E-state index in [1.54, 1.807) is 5.56 Å². The van der Waals surface area contributed by atoms with Gasteiger partial charge in [-0.15, -0.1) is 0 Å². The number of hydrogen-bond acceptors (Lipinski definition) is 0. The Morgan fingerprint density at radius 2 is 1.69 bits per heavy atom. The summed E-state index contributed by atoms with van der Waals surface area (Å²) in [7, 11) is 0. The largest absolute Gasteiger partial charge is 0.0613 e. The van der Waals surface area contributed by atoms with Crippen LogP contribution in [0.3, 0.4) is 0 Å². The monoisotopic (exact) mass is 218 g/mol. The topological polar surface area (TPSA) is 0 Å². The molecule has 0 saturated heterocycles. The van der Waals surface area contributed by atoms with Crippen LogP contribution < -0.4 is 0 Å². The van der Waals surface area contributed by atoms with Crippen LogP contribution >= 0.6 is 0 Å². The van der Waals surface area contributed by atoms with Crippen molar-refractivity contribution in [2.45, 2.75) is 66.2 Å². The van der Waals surface area contributed by atoms with Gasteiger partial charge in [0, 0.05) is 0 Å². The van der Waals surface area contributed by atoms with Crippen LogP contribution in [0.5, 0.6) is 0 Å². The summed E-state index contributed by atoms with van der Waals surface area (Å²) >= 11 is 0. The van der Waals surface area contributed by atoms with Crippen molar-refractivity contribution in [2.75, 3.05) is 0 Å². The van der Waals surface area contributed by atoms with Crippen LogP contribution in [0.4, 0.5) is 0 Å². The van der Waals surface area contributed by atoms with E-state index in [0.717, 1.165) is 6.42 Å². The van der Waals surface area contributed by atoms with Crippen molar-refractivity contribution in [3.8, 4) is 0 Å². The lowest BCUT2D eigenvalue weighted by Crippen LogP contribution is -2.18. The summed E-state index contributed by atoms with van der Waals surface area (Å²) in [6.45, 7) is 16.0. The van der Waals surface area contributed by atoms with Crippen LogP contribution in [0.15, 0.2) is 12.1 Å². The quantitative estimate of drug-likeness (QED) is 0.657. The highest BCUT2D eigenvalue weighted by molar-refractivity contribution is 5.44. The van der Waals surface area contributed by atoms with E-state index in [1.807, 2.05) is 0 Å². The number of benzene rings is 1. The summed E-state index contributed by atoms with van der Waals surface area (Å²) < 4.78 is 0. The molecule has 90 valence electrons. The molecule has 1 rings (SSSR count). The molecule has 0 spiro atoms. The van der Waals surface area contributed by atoms with Gasteiger partial charge in [-0.3, -0.25) is 0 Å². The highest BCUT2D eigenvalue weighted by Crippen LogP contribution is 2.34. The molecule has 0 aliphatic rings. The van der Waals surface area contributed by atoms with Gasteiger partial charge >= 0.3 is 0 Å². The van der Waals surface area contributed by atoms with E-state index in [-0.39, 0.29) is 5.41 Å². The van der Waals surface area contributed by atoms with Gasteiger partial charge < -0.3 is 0 Å². The SMILES string of the molecule is CCc1cc(C)cc(C(C)C)c1C(C)(C)C. The second-order valence-corrected chi connectivity index (χ2v) is 6.15. The predicted octanol–water partition coefficient (Wildman–Crippen LogP) is 4.98. The van der Waals surface area contributed by atoms with E-state index >= 15 is 0 Å². The predicted molar refractivity (Wildman–Crippen MR) is 73.3 cm³/mol. The molecule has 0 nitrogen and oxygen atoms in total. The van der Waals surface area contributed by atoms with Crippen molar-refractivity contribution in [1.82, 2.24) is 0 Å². The molecule has 0 amide bonds. The van der Waals surface area contributed by atoms with Crippen LogP contribution in [0.1, 0.15) is 69.7 Å². The van der Waals surface area contributed by atoms with E-state index < -0.39 is 0 Å². The zero-order chi connectivity index (χ0) is 12.5. The molecule has 0 aliphatic carbocycles. The zero-order valence-corrected chi connectivity index (χ0v) is 11.9. The Balaban J connectivity index is 3.52. The maximum Gasteiger partial charge on any atom is -0.0126 e. The second-order valence-electron chi connectivity index (χ2n) is 6.15. The molecular formula is C16H26. The average molecular weight is 218 g/mol. The molecule has 0 atom stereocenters. The molecular weight excluding hydrogens is 192 g/mol. The van der Waals surface area contributed by atoms with Crippen LogP contribution in [0.2, 0.25) is 0 Å². The molecule has 0 saturated carbocycles. The zero-order valence-electron chi connectivity index (χ0n) is 11.9. The maximum absolute atomic E-state index is 2.37. The fraction of sp³-hybridized carbons (Fsp3) is 0.625. The Morgan fingerprint density at radius 1 is 1.12 bits per heavy atom. The standard InChI is InChI=1S/C16H26/c1-8-13-9-12(4)10-14(11(2)3)15(13)16(5,6)7/h9-11H,8H2,1-7H3. The lowest BCUT2D eigenvalue weighted by atomic mass is 9.76. The highest BCUT2D eigenvalue weighted by Gasteiger charge is 2.22. The van der Waals surface area contributed by atoms with Crippen molar-refractivity contribution >= 4 is 0 Å². The van der Waals surface area contributed by atoms with Crippen molar-refractivity contribution in [3.63, 3.8) is 0 Å². The third kappa shape index (κ3) is 2.66. The molecule has 0 N–H and O–H groups in total. The van der Waals surface area contributed by atoms with Crippen molar-refractivity contribution in [2.24, 2.45) is 0 Å². The summed E-state index contributed by atoms with van der Waals surface area (Å²) in [5.41, 5.74) is 6.27. The summed E-state index contributed by atoms with van der Waals surface area (Å²) in [4.78, 5) is 0. The van der Waals surface area contributed by atoms with Crippen molar-refractivity contribution < 1.29 is 0 Å². The van der Waals surface area contributed by atoms with E-state index in [1.165, 1.54) is 16.7 Å². The van der Waals surface area contributed by atoms with Gasteiger partial charge in [-0.1, -0.05) is 59.2 Å². The maximum atomic E-state index is 2.37. The van der Waals surface area contributed by atoms with Crippen molar-refractivity contribution in [3.05, 3.63) is 34.4 Å². The first-order valence-corrected chi connectivity index (χ1v) is 6.41.